The monoisotopic (exact) mass is 504 g/mol. The van der Waals surface area contributed by atoms with E-state index in [9.17, 15) is 22.8 Å². The number of rotatable bonds is 4. The molecular formula is C29H23F3N2O3. The number of amides is 1. The van der Waals surface area contributed by atoms with Gasteiger partial charge in [-0.15, -0.1) is 0 Å². The van der Waals surface area contributed by atoms with Crippen LogP contribution in [0.15, 0.2) is 91.0 Å². The summed E-state index contributed by atoms with van der Waals surface area (Å²) in [6.07, 6.45) is -3.48. The fraction of sp³-hybridized carbons (Fsp3) is 0.103. The highest BCUT2D eigenvalue weighted by molar-refractivity contribution is 5.97. The first-order valence-corrected chi connectivity index (χ1v) is 11.4. The topological polar surface area (TPSA) is 78.4 Å². The molecule has 0 aliphatic heterocycles. The first-order valence-electron chi connectivity index (χ1n) is 11.4. The molecule has 0 atom stereocenters. The molecule has 188 valence electrons. The molecule has 1 aliphatic carbocycles. The first-order chi connectivity index (χ1) is 17.6. The second kappa shape index (κ2) is 10.6. The molecule has 5 nitrogen and oxygen atoms in total. The van der Waals surface area contributed by atoms with Gasteiger partial charge in [0, 0.05) is 23.9 Å². The van der Waals surface area contributed by atoms with Crippen LogP contribution in [0.3, 0.4) is 0 Å². The Kier molecular flexibility index (Phi) is 7.29. The smallest absolute Gasteiger partial charge is 0.416 e. The Morgan fingerprint density at radius 2 is 1.46 bits per heavy atom. The lowest BCUT2D eigenvalue weighted by molar-refractivity contribution is -0.137. The number of para-hydroxylation sites is 1. The third-order valence-corrected chi connectivity index (χ3v) is 5.76. The van der Waals surface area contributed by atoms with Crippen LogP contribution in [-0.4, -0.2) is 17.0 Å². The second-order valence-electron chi connectivity index (χ2n) is 8.41. The van der Waals surface area contributed by atoms with Crippen LogP contribution in [0.25, 0.3) is 11.1 Å². The van der Waals surface area contributed by atoms with Gasteiger partial charge in [0.1, 0.15) is 0 Å². The molecule has 4 aromatic carbocycles. The van der Waals surface area contributed by atoms with Crippen molar-refractivity contribution in [2.75, 3.05) is 10.6 Å². The van der Waals surface area contributed by atoms with Crippen molar-refractivity contribution in [1.82, 2.24) is 0 Å². The maximum absolute atomic E-state index is 12.6. The Hall–Kier alpha value is -4.59. The Morgan fingerprint density at radius 1 is 0.811 bits per heavy atom. The summed E-state index contributed by atoms with van der Waals surface area (Å²) in [5, 5.41) is 14.6. The van der Waals surface area contributed by atoms with Crippen molar-refractivity contribution in [2.24, 2.45) is 0 Å². The minimum absolute atomic E-state index is 0.00934. The summed E-state index contributed by atoms with van der Waals surface area (Å²) in [4.78, 5) is 22.2. The first kappa shape index (κ1) is 25.5. The van der Waals surface area contributed by atoms with Gasteiger partial charge in [0.05, 0.1) is 16.8 Å². The molecule has 0 saturated carbocycles. The van der Waals surface area contributed by atoms with E-state index in [0.29, 0.717) is 0 Å². The zero-order chi connectivity index (χ0) is 26.6. The van der Waals surface area contributed by atoms with Crippen molar-refractivity contribution in [2.45, 2.75) is 19.5 Å². The van der Waals surface area contributed by atoms with E-state index in [1.807, 2.05) is 18.2 Å². The summed E-state index contributed by atoms with van der Waals surface area (Å²) in [6.45, 7) is 1.54. The number of aromatic carboxylic acids is 1. The fourth-order valence-electron chi connectivity index (χ4n) is 4.19. The van der Waals surface area contributed by atoms with Gasteiger partial charge in [-0.25, -0.2) is 4.79 Å². The maximum Gasteiger partial charge on any atom is 0.416 e. The van der Waals surface area contributed by atoms with E-state index in [4.69, 9.17) is 5.11 Å². The lowest BCUT2D eigenvalue weighted by Crippen LogP contribution is -2.06. The van der Waals surface area contributed by atoms with Crippen molar-refractivity contribution in [3.63, 3.8) is 0 Å². The van der Waals surface area contributed by atoms with Crippen LogP contribution < -0.4 is 10.6 Å². The van der Waals surface area contributed by atoms with Gasteiger partial charge in [0.15, 0.2) is 0 Å². The summed E-state index contributed by atoms with van der Waals surface area (Å²) in [7, 11) is 0. The zero-order valence-electron chi connectivity index (χ0n) is 19.8. The third-order valence-electron chi connectivity index (χ3n) is 5.76. The summed E-state index contributed by atoms with van der Waals surface area (Å²) in [5.74, 6) is -1.18. The van der Waals surface area contributed by atoms with Crippen molar-refractivity contribution in [3.8, 4) is 11.1 Å². The highest BCUT2D eigenvalue weighted by atomic mass is 19.4. The Labute approximate surface area is 211 Å². The molecule has 0 radical (unpaired) electrons. The minimum Gasteiger partial charge on any atom is -0.478 e. The van der Waals surface area contributed by atoms with Crippen LogP contribution in [0.5, 0.6) is 0 Å². The number of carbonyl (C=O) groups excluding carboxylic acids is 1. The Morgan fingerprint density at radius 3 is 2.19 bits per heavy atom. The van der Waals surface area contributed by atoms with Gasteiger partial charge in [-0.05, 0) is 59.5 Å². The molecule has 1 amide bonds. The van der Waals surface area contributed by atoms with Gasteiger partial charge >= 0.3 is 12.1 Å². The van der Waals surface area contributed by atoms with Gasteiger partial charge < -0.3 is 15.7 Å². The van der Waals surface area contributed by atoms with Crippen LogP contribution >= 0.6 is 0 Å². The normalized spacial score (nSPS) is 11.5. The van der Waals surface area contributed by atoms with E-state index in [1.165, 1.54) is 46.5 Å². The van der Waals surface area contributed by atoms with E-state index in [1.54, 1.807) is 19.1 Å². The van der Waals surface area contributed by atoms with Gasteiger partial charge in [-0.1, -0.05) is 54.6 Å². The molecule has 3 N–H and O–H groups in total. The van der Waals surface area contributed by atoms with Crippen molar-refractivity contribution < 1.29 is 27.9 Å². The molecule has 0 aromatic heterocycles. The number of nitrogens with one attached hydrogen (secondary N) is 2. The number of alkyl halides is 3. The van der Waals surface area contributed by atoms with Gasteiger partial charge in [-0.3, -0.25) is 4.79 Å². The molecular weight excluding hydrogens is 481 g/mol. The molecule has 0 spiro atoms. The van der Waals surface area contributed by atoms with Gasteiger partial charge in [0.2, 0.25) is 5.91 Å². The molecule has 0 unspecified atom stereocenters. The molecule has 0 fully saturated rings. The molecule has 0 heterocycles. The van der Waals surface area contributed by atoms with E-state index in [2.05, 4.69) is 34.9 Å². The predicted octanol–water partition coefficient (Wildman–Crippen LogP) is 7.36. The van der Waals surface area contributed by atoms with Gasteiger partial charge in [-0.2, -0.15) is 13.2 Å². The molecule has 0 saturated heterocycles. The van der Waals surface area contributed by atoms with Crippen LogP contribution in [0.4, 0.5) is 30.2 Å². The van der Waals surface area contributed by atoms with Gasteiger partial charge in [0.25, 0.3) is 0 Å². The second-order valence-corrected chi connectivity index (χ2v) is 8.41. The highest BCUT2D eigenvalue weighted by Crippen LogP contribution is 2.41. The predicted molar refractivity (Wildman–Crippen MR) is 137 cm³/mol. The summed E-state index contributed by atoms with van der Waals surface area (Å²) in [6, 6.07) is 25.0. The number of carbonyl (C=O) groups is 2. The Bertz CT molecular complexity index is 1460. The number of anilines is 3. The SMILES string of the molecule is CC(=O)Nc1cccc2c1-c1ccccc1C2.O=C(O)c1ccccc1Nc1cccc(C(F)(F)F)c1. The molecule has 4 aromatic rings. The van der Waals surface area contributed by atoms with Crippen LogP contribution in [0.2, 0.25) is 0 Å². The van der Waals surface area contributed by atoms with Crippen LogP contribution in [0, 0.1) is 0 Å². The lowest BCUT2D eigenvalue weighted by Gasteiger charge is -2.12. The number of halogens is 3. The number of fused-ring (bicyclic) bond motifs is 3. The van der Waals surface area contributed by atoms with Crippen molar-refractivity contribution >= 4 is 28.9 Å². The fourth-order valence-corrected chi connectivity index (χ4v) is 4.19. The number of carboxylic acid groups (broad SMARTS) is 1. The summed E-state index contributed by atoms with van der Waals surface area (Å²) < 4.78 is 37.8. The minimum atomic E-state index is -4.44. The van der Waals surface area contributed by atoms with Crippen molar-refractivity contribution in [3.05, 3.63) is 113 Å². The average Bonchev–Trinajstić information content (AvgIpc) is 3.24. The quantitative estimate of drug-likeness (QED) is 0.239. The zero-order valence-corrected chi connectivity index (χ0v) is 19.8. The van der Waals surface area contributed by atoms with E-state index in [-0.39, 0.29) is 22.8 Å². The van der Waals surface area contributed by atoms with E-state index in [0.717, 1.165) is 24.2 Å². The van der Waals surface area contributed by atoms with Crippen LogP contribution in [-0.2, 0) is 17.4 Å². The maximum atomic E-state index is 12.6. The highest BCUT2D eigenvalue weighted by Gasteiger charge is 2.30. The average molecular weight is 505 g/mol. The molecule has 37 heavy (non-hydrogen) atoms. The van der Waals surface area contributed by atoms with E-state index < -0.39 is 17.7 Å². The molecule has 8 heteroatoms. The number of carboxylic acids is 1. The number of hydrogen-bond acceptors (Lipinski definition) is 3. The Balaban J connectivity index is 0.000000175. The summed E-state index contributed by atoms with van der Waals surface area (Å²) >= 11 is 0. The largest absolute Gasteiger partial charge is 0.478 e. The number of benzene rings is 4. The standard InChI is InChI=1S/C15H13NO.C14H10F3NO2/c1-10(17)16-14-8-4-6-12-9-11-5-2-3-7-13(11)15(12)14;15-14(16,17)9-4-3-5-10(8-9)18-12-7-2-1-6-11(12)13(19)20/h2-8H,9H2,1H3,(H,16,17);1-8,18H,(H,19,20). The molecule has 5 rings (SSSR count). The summed E-state index contributed by atoms with van der Waals surface area (Å²) in [5.41, 5.74) is 5.57. The van der Waals surface area contributed by atoms with Crippen LogP contribution in [0.1, 0.15) is 34.0 Å². The third kappa shape index (κ3) is 5.98. The number of hydrogen-bond donors (Lipinski definition) is 3. The van der Waals surface area contributed by atoms with E-state index >= 15 is 0 Å². The lowest BCUT2D eigenvalue weighted by atomic mass is 10.0. The van der Waals surface area contributed by atoms with Crippen molar-refractivity contribution in [1.29, 1.82) is 0 Å². The molecule has 1 aliphatic rings. The molecule has 0 bridgehead atoms.